The van der Waals surface area contributed by atoms with Crippen LogP contribution in [0.2, 0.25) is 0 Å². The maximum absolute atomic E-state index is 12.3. The van der Waals surface area contributed by atoms with Gasteiger partial charge >= 0.3 is 0 Å². The number of rotatable bonds is 3. The van der Waals surface area contributed by atoms with Crippen LogP contribution in [-0.4, -0.2) is 46.1 Å². The molecule has 0 atom stereocenters. The predicted octanol–water partition coefficient (Wildman–Crippen LogP) is -0.00940. The predicted molar refractivity (Wildman–Crippen MR) is 74.9 cm³/mol. The van der Waals surface area contributed by atoms with Crippen LogP contribution in [-0.2, 0) is 11.8 Å². The number of carbonyl (C=O) groups excluding carboxylic acids is 2. The molecule has 7 nitrogen and oxygen atoms in total. The van der Waals surface area contributed by atoms with Crippen molar-refractivity contribution in [2.24, 2.45) is 13.0 Å². The summed E-state index contributed by atoms with van der Waals surface area (Å²) in [6, 6.07) is 0. The monoisotopic (exact) mass is 279 g/mol. The van der Waals surface area contributed by atoms with Crippen LogP contribution >= 0.6 is 0 Å². The number of nitrogens with zero attached hydrogens (tertiary/aromatic N) is 3. The van der Waals surface area contributed by atoms with E-state index >= 15 is 0 Å². The fourth-order valence-electron chi connectivity index (χ4n) is 2.45. The summed E-state index contributed by atoms with van der Waals surface area (Å²) in [6.07, 6.45) is 3.41. The van der Waals surface area contributed by atoms with E-state index in [2.05, 4.69) is 10.4 Å². The first-order valence-electron chi connectivity index (χ1n) is 6.80. The SMILES string of the molecule is CC(=O)NCC1CCN(C(=O)c2nn(C)cc2N)CC1. The standard InChI is InChI=1S/C13H21N5O2/c1-9(19)15-7-10-3-5-18(6-4-10)13(20)12-11(14)8-17(2)16-12/h8,10H,3-7,14H2,1-2H3,(H,15,19). The summed E-state index contributed by atoms with van der Waals surface area (Å²) in [5.41, 5.74) is 6.52. The molecule has 0 bridgehead atoms. The van der Waals surface area contributed by atoms with Gasteiger partial charge in [-0.25, -0.2) is 0 Å². The van der Waals surface area contributed by atoms with E-state index in [0.29, 0.717) is 36.9 Å². The van der Waals surface area contributed by atoms with Crippen molar-refractivity contribution < 1.29 is 9.59 Å². The Balaban J connectivity index is 1.89. The largest absolute Gasteiger partial charge is 0.396 e. The Bertz CT molecular complexity index is 503. The summed E-state index contributed by atoms with van der Waals surface area (Å²) in [4.78, 5) is 25.0. The van der Waals surface area contributed by atoms with E-state index in [-0.39, 0.29) is 11.8 Å². The molecule has 3 N–H and O–H groups in total. The summed E-state index contributed by atoms with van der Waals surface area (Å²) in [5.74, 6) is 0.315. The van der Waals surface area contributed by atoms with Crippen molar-refractivity contribution in [3.63, 3.8) is 0 Å². The van der Waals surface area contributed by atoms with E-state index in [1.165, 1.54) is 6.92 Å². The van der Waals surface area contributed by atoms with Crippen LogP contribution in [0.1, 0.15) is 30.3 Å². The maximum Gasteiger partial charge on any atom is 0.276 e. The zero-order valence-electron chi connectivity index (χ0n) is 11.9. The van der Waals surface area contributed by atoms with Crippen LogP contribution in [0.5, 0.6) is 0 Å². The number of likely N-dealkylation sites (tertiary alicyclic amines) is 1. The molecule has 1 aliphatic rings. The molecule has 1 fully saturated rings. The molecular formula is C13H21N5O2. The van der Waals surface area contributed by atoms with Crippen molar-refractivity contribution in [3.8, 4) is 0 Å². The van der Waals surface area contributed by atoms with Crippen molar-refractivity contribution >= 4 is 17.5 Å². The fraction of sp³-hybridized carbons (Fsp3) is 0.615. The molecule has 20 heavy (non-hydrogen) atoms. The lowest BCUT2D eigenvalue weighted by atomic mass is 9.96. The lowest BCUT2D eigenvalue weighted by Crippen LogP contribution is -2.41. The van der Waals surface area contributed by atoms with E-state index in [9.17, 15) is 9.59 Å². The molecule has 0 radical (unpaired) electrons. The number of carbonyl (C=O) groups is 2. The molecule has 1 saturated heterocycles. The highest BCUT2D eigenvalue weighted by Gasteiger charge is 2.26. The van der Waals surface area contributed by atoms with E-state index in [0.717, 1.165) is 12.8 Å². The topological polar surface area (TPSA) is 93.2 Å². The summed E-state index contributed by atoms with van der Waals surface area (Å²) >= 11 is 0. The normalized spacial score (nSPS) is 16.2. The minimum Gasteiger partial charge on any atom is -0.396 e. The molecule has 0 spiro atoms. The second-order valence-corrected chi connectivity index (χ2v) is 5.28. The molecule has 2 amide bonds. The van der Waals surface area contributed by atoms with Gasteiger partial charge in [-0.05, 0) is 18.8 Å². The number of amides is 2. The van der Waals surface area contributed by atoms with E-state index in [4.69, 9.17) is 5.73 Å². The van der Waals surface area contributed by atoms with Crippen LogP contribution in [0.3, 0.4) is 0 Å². The lowest BCUT2D eigenvalue weighted by Gasteiger charge is -2.31. The molecule has 110 valence electrons. The van der Waals surface area contributed by atoms with Crippen molar-refractivity contribution in [1.29, 1.82) is 0 Å². The number of piperidine rings is 1. The van der Waals surface area contributed by atoms with Gasteiger partial charge in [0.25, 0.3) is 5.91 Å². The van der Waals surface area contributed by atoms with Crippen LogP contribution in [0, 0.1) is 5.92 Å². The Morgan fingerprint density at radius 3 is 2.60 bits per heavy atom. The second kappa shape index (κ2) is 5.94. The summed E-state index contributed by atoms with van der Waals surface area (Å²) in [7, 11) is 1.74. The van der Waals surface area contributed by atoms with E-state index in [1.807, 2.05) is 0 Å². The third-order valence-corrected chi connectivity index (χ3v) is 3.60. The molecule has 0 aliphatic carbocycles. The minimum atomic E-state index is -0.110. The second-order valence-electron chi connectivity index (χ2n) is 5.28. The van der Waals surface area contributed by atoms with Gasteiger partial charge in [0, 0.05) is 39.8 Å². The van der Waals surface area contributed by atoms with E-state index in [1.54, 1.807) is 22.8 Å². The van der Waals surface area contributed by atoms with Crippen LogP contribution in [0.15, 0.2) is 6.20 Å². The molecule has 0 saturated carbocycles. The zero-order chi connectivity index (χ0) is 14.7. The van der Waals surface area contributed by atoms with Crippen molar-refractivity contribution in [1.82, 2.24) is 20.0 Å². The number of aromatic nitrogens is 2. The van der Waals surface area contributed by atoms with Crippen LogP contribution in [0.4, 0.5) is 5.69 Å². The number of hydrogen-bond acceptors (Lipinski definition) is 4. The Hall–Kier alpha value is -2.05. The van der Waals surface area contributed by atoms with Gasteiger partial charge in [-0.1, -0.05) is 0 Å². The number of aryl methyl sites for hydroxylation is 1. The highest BCUT2D eigenvalue weighted by atomic mass is 16.2. The van der Waals surface area contributed by atoms with Crippen molar-refractivity contribution in [2.45, 2.75) is 19.8 Å². The van der Waals surface area contributed by atoms with Gasteiger partial charge in [0.15, 0.2) is 5.69 Å². The smallest absolute Gasteiger partial charge is 0.276 e. The highest BCUT2D eigenvalue weighted by Crippen LogP contribution is 2.19. The lowest BCUT2D eigenvalue weighted by molar-refractivity contribution is -0.119. The van der Waals surface area contributed by atoms with Gasteiger partial charge in [-0.2, -0.15) is 5.10 Å². The first-order chi connectivity index (χ1) is 9.47. The molecule has 7 heteroatoms. The fourth-order valence-corrected chi connectivity index (χ4v) is 2.45. The Morgan fingerprint density at radius 2 is 2.10 bits per heavy atom. The van der Waals surface area contributed by atoms with E-state index < -0.39 is 0 Å². The van der Waals surface area contributed by atoms with Crippen molar-refractivity contribution in [2.75, 3.05) is 25.4 Å². The quantitative estimate of drug-likeness (QED) is 0.814. The van der Waals surface area contributed by atoms with Gasteiger partial charge < -0.3 is 16.0 Å². The summed E-state index contributed by atoms with van der Waals surface area (Å²) in [6.45, 7) is 3.56. The maximum atomic E-state index is 12.3. The van der Waals surface area contributed by atoms with Gasteiger partial charge in [-0.15, -0.1) is 0 Å². The number of nitrogen functional groups attached to an aromatic ring is 1. The number of nitrogens with two attached hydrogens (primary N) is 1. The zero-order valence-corrected chi connectivity index (χ0v) is 11.9. The van der Waals surface area contributed by atoms with Crippen LogP contribution in [0.25, 0.3) is 0 Å². The average Bonchev–Trinajstić information content (AvgIpc) is 2.75. The first kappa shape index (κ1) is 14.4. The van der Waals surface area contributed by atoms with Crippen LogP contribution < -0.4 is 11.1 Å². The number of anilines is 1. The molecular weight excluding hydrogens is 258 g/mol. The minimum absolute atomic E-state index is 0.00948. The molecule has 2 heterocycles. The molecule has 0 unspecified atom stereocenters. The summed E-state index contributed by atoms with van der Waals surface area (Å²) in [5, 5.41) is 6.93. The molecule has 1 aromatic rings. The number of hydrogen-bond donors (Lipinski definition) is 2. The van der Waals surface area contributed by atoms with Gasteiger partial charge in [0.2, 0.25) is 5.91 Å². The molecule has 1 aromatic heterocycles. The number of nitrogens with one attached hydrogen (secondary N) is 1. The average molecular weight is 279 g/mol. The Morgan fingerprint density at radius 1 is 1.45 bits per heavy atom. The molecule has 1 aliphatic heterocycles. The Kier molecular flexibility index (Phi) is 4.26. The molecule has 0 aromatic carbocycles. The Labute approximate surface area is 118 Å². The third kappa shape index (κ3) is 3.28. The van der Waals surface area contributed by atoms with Gasteiger partial charge in [-0.3, -0.25) is 14.3 Å². The van der Waals surface area contributed by atoms with Crippen molar-refractivity contribution in [3.05, 3.63) is 11.9 Å². The highest BCUT2D eigenvalue weighted by molar-refractivity contribution is 5.97. The molecule has 2 rings (SSSR count). The first-order valence-corrected chi connectivity index (χ1v) is 6.80. The summed E-state index contributed by atoms with van der Waals surface area (Å²) < 4.78 is 1.55. The third-order valence-electron chi connectivity index (χ3n) is 3.60. The van der Waals surface area contributed by atoms with Gasteiger partial charge in [0.05, 0.1) is 5.69 Å². The van der Waals surface area contributed by atoms with Gasteiger partial charge in [0.1, 0.15) is 0 Å².